The van der Waals surface area contributed by atoms with Crippen LogP contribution in [0.4, 0.5) is 4.39 Å². The van der Waals surface area contributed by atoms with E-state index in [1.54, 1.807) is 43.1 Å². The lowest BCUT2D eigenvalue weighted by Gasteiger charge is -2.39. The summed E-state index contributed by atoms with van der Waals surface area (Å²) in [6.07, 6.45) is 2.85. The van der Waals surface area contributed by atoms with Crippen molar-refractivity contribution in [1.29, 1.82) is 0 Å². The van der Waals surface area contributed by atoms with Gasteiger partial charge in [-0.3, -0.25) is 14.4 Å². The number of carbonyl (C=O) groups is 3. The molecule has 1 saturated heterocycles. The second-order valence-corrected chi connectivity index (χ2v) is 7.17. The molecule has 1 N–H and O–H groups in total. The first-order valence-electron chi connectivity index (χ1n) is 9.61. The summed E-state index contributed by atoms with van der Waals surface area (Å²) in [6, 6.07) is 4.74. The molecule has 1 fully saturated rings. The van der Waals surface area contributed by atoms with Crippen LogP contribution in [-0.2, 0) is 14.4 Å². The van der Waals surface area contributed by atoms with Gasteiger partial charge in [0.1, 0.15) is 11.8 Å². The number of amides is 3. The summed E-state index contributed by atoms with van der Waals surface area (Å²) in [6.45, 7) is 10.8. The number of nitrogens with zero attached hydrogens (tertiary/aromatic N) is 3. The molecule has 9 heteroatoms. The van der Waals surface area contributed by atoms with Crippen molar-refractivity contribution in [2.75, 3.05) is 33.4 Å². The van der Waals surface area contributed by atoms with Gasteiger partial charge in [0.2, 0.25) is 17.7 Å². The number of allylic oxidation sites excluding steroid dienone is 2. The van der Waals surface area contributed by atoms with Crippen molar-refractivity contribution in [3.8, 4) is 0 Å². The smallest absolute Gasteiger partial charge is 0.246 e. The Morgan fingerprint density at radius 2 is 2.00 bits per heavy atom. The first-order chi connectivity index (χ1) is 14.6. The predicted octanol–water partition coefficient (Wildman–Crippen LogP) is 2.64. The number of nitrogens with one attached hydrogen (secondary N) is 1. The molecule has 1 unspecified atom stereocenters. The summed E-state index contributed by atoms with van der Waals surface area (Å²) in [5.74, 6) is -0.497. The van der Waals surface area contributed by atoms with Crippen LogP contribution in [0.25, 0.3) is 5.57 Å². The molecule has 0 aliphatic carbocycles. The molecule has 31 heavy (non-hydrogen) atoms. The van der Waals surface area contributed by atoms with E-state index in [1.165, 1.54) is 17.9 Å². The lowest BCUT2D eigenvalue weighted by atomic mass is 10.1. The van der Waals surface area contributed by atoms with Gasteiger partial charge in [0.15, 0.2) is 0 Å². The summed E-state index contributed by atoms with van der Waals surface area (Å²) < 4.78 is 12.7. The van der Waals surface area contributed by atoms with E-state index >= 15 is 0 Å². The van der Waals surface area contributed by atoms with Crippen LogP contribution >= 0.6 is 11.6 Å². The Morgan fingerprint density at radius 3 is 2.52 bits per heavy atom. The third-order valence-electron chi connectivity index (χ3n) is 4.58. The zero-order chi connectivity index (χ0) is 23.6. The van der Waals surface area contributed by atoms with Crippen molar-refractivity contribution in [3.63, 3.8) is 0 Å². The number of rotatable bonds is 5. The molecule has 1 aromatic rings. The normalized spacial score (nSPS) is 16.0. The third kappa shape index (κ3) is 7.97. The van der Waals surface area contributed by atoms with E-state index in [0.29, 0.717) is 35.1 Å². The molecule has 2 rings (SSSR count). The average molecular weight is 451 g/mol. The highest BCUT2D eigenvalue weighted by Crippen LogP contribution is 2.15. The molecule has 1 aliphatic rings. The quantitative estimate of drug-likeness (QED) is 0.424. The third-order valence-corrected chi connectivity index (χ3v) is 4.79. The molecular weight excluding hydrogens is 423 g/mol. The van der Waals surface area contributed by atoms with Crippen molar-refractivity contribution < 1.29 is 18.8 Å². The molecule has 1 aromatic heterocycles. The molecule has 1 atom stereocenters. The summed E-state index contributed by atoms with van der Waals surface area (Å²) >= 11 is 5.76. The Bertz CT molecular complexity index is 872. The van der Waals surface area contributed by atoms with E-state index in [9.17, 15) is 18.8 Å². The number of hydrogen-bond donors (Lipinski definition) is 1. The van der Waals surface area contributed by atoms with Crippen molar-refractivity contribution in [2.45, 2.75) is 19.9 Å². The molecule has 2 heterocycles. The lowest BCUT2D eigenvalue weighted by Crippen LogP contribution is -2.56. The number of piperazine rings is 1. The summed E-state index contributed by atoms with van der Waals surface area (Å²) in [5.41, 5.74) is 1.90. The fourth-order valence-corrected chi connectivity index (χ4v) is 3.03. The van der Waals surface area contributed by atoms with Gasteiger partial charge in [0.25, 0.3) is 0 Å². The van der Waals surface area contributed by atoms with Gasteiger partial charge in [0, 0.05) is 39.2 Å². The average Bonchev–Trinajstić information content (AvgIpc) is 2.77. The van der Waals surface area contributed by atoms with Crippen molar-refractivity contribution in [2.24, 2.45) is 0 Å². The zero-order valence-corrected chi connectivity index (χ0v) is 18.8. The van der Waals surface area contributed by atoms with Gasteiger partial charge in [-0.05, 0) is 36.8 Å². The minimum absolute atomic E-state index is 0.0841. The Hall–Kier alpha value is -3.00. The van der Waals surface area contributed by atoms with Crippen LogP contribution in [0.15, 0.2) is 49.1 Å². The van der Waals surface area contributed by atoms with Crippen LogP contribution < -0.4 is 5.32 Å². The SMILES string of the molecule is C=C(/C=C(\C)C(=O)NC)c1cccc(Cl)n1.C=CC(=O)N1CCN(C(C)=O)CC1CF. The second kappa shape index (κ2) is 12.6. The fourth-order valence-electron chi connectivity index (χ4n) is 2.87. The molecule has 0 bridgehead atoms. The number of carbonyl (C=O) groups excluding carboxylic acids is 3. The zero-order valence-electron chi connectivity index (χ0n) is 18.0. The maximum Gasteiger partial charge on any atom is 0.246 e. The number of hydrogen-bond acceptors (Lipinski definition) is 4. The molecule has 0 aromatic carbocycles. The van der Waals surface area contributed by atoms with E-state index in [-0.39, 0.29) is 24.3 Å². The van der Waals surface area contributed by atoms with Gasteiger partial charge in [-0.25, -0.2) is 9.37 Å². The molecule has 1 aliphatic heterocycles. The van der Waals surface area contributed by atoms with Gasteiger partial charge in [-0.2, -0.15) is 0 Å². The number of aromatic nitrogens is 1. The summed E-state index contributed by atoms with van der Waals surface area (Å²) in [7, 11) is 1.58. The molecule has 0 radical (unpaired) electrons. The van der Waals surface area contributed by atoms with E-state index in [0.717, 1.165) is 0 Å². The van der Waals surface area contributed by atoms with E-state index in [1.807, 2.05) is 0 Å². The van der Waals surface area contributed by atoms with Crippen LogP contribution in [0.5, 0.6) is 0 Å². The van der Waals surface area contributed by atoms with Crippen LogP contribution in [-0.4, -0.2) is 71.9 Å². The fraction of sp³-hybridized carbons (Fsp3) is 0.364. The Kier molecular flexibility index (Phi) is 10.6. The predicted molar refractivity (Wildman–Crippen MR) is 120 cm³/mol. The van der Waals surface area contributed by atoms with Gasteiger partial charge in [-0.15, -0.1) is 0 Å². The standard InChI is InChI=1S/C12H13ClN2O.C10H15FN2O2/c1-8(7-9(2)12(16)14-3)10-5-4-6-11(13)15-10;1-3-10(15)13-5-4-12(8(2)14)7-9(13)6-11/h4-7H,1H2,2-3H3,(H,14,16);3,9H,1,4-7H2,2H3/b9-7+;. The van der Waals surface area contributed by atoms with Crippen LogP contribution in [0.1, 0.15) is 19.5 Å². The van der Waals surface area contributed by atoms with E-state index < -0.39 is 12.7 Å². The van der Waals surface area contributed by atoms with E-state index in [2.05, 4.69) is 23.5 Å². The first-order valence-corrected chi connectivity index (χ1v) is 9.99. The first kappa shape index (κ1) is 26.0. The van der Waals surface area contributed by atoms with Crippen molar-refractivity contribution in [3.05, 3.63) is 59.9 Å². The molecule has 7 nitrogen and oxygen atoms in total. The summed E-state index contributed by atoms with van der Waals surface area (Å²) in [4.78, 5) is 40.8. The lowest BCUT2D eigenvalue weighted by molar-refractivity contribution is -0.139. The summed E-state index contributed by atoms with van der Waals surface area (Å²) in [5, 5.41) is 2.95. The number of pyridine rings is 1. The second-order valence-electron chi connectivity index (χ2n) is 6.79. The van der Waals surface area contributed by atoms with Gasteiger partial charge in [0.05, 0.1) is 11.7 Å². The van der Waals surface area contributed by atoms with Gasteiger partial charge in [-0.1, -0.05) is 30.8 Å². The van der Waals surface area contributed by atoms with Gasteiger partial charge < -0.3 is 15.1 Å². The highest BCUT2D eigenvalue weighted by molar-refractivity contribution is 6.29. The number of likely N-dealkylation sites (N-methyl/N-ethyl adjacent to an activating group) is 1. The molecule has 0 saturated carbocycles. The molecule has 168 valence electrons. The van der Waals surface area contributed by atoms with Crippen molar-refractivity contribution >= 4 is 34.9 Å². The van der Waals surface area contributed by atoms with Crippen LogP contribution in [0.3, 0.4) is 0 Å². The topological polar surface area (TPSA) is 82.6 Å². The van der Waals surface area contributed by atoms with Gasteiger partial charge >= 0.3 is 0 Å². The molecule has 3 amide bonds. The number of halogens is 2. The maximum atomic E-state index is 12.7. The highest BCUT2D eigenvalue weighted by atomic mass is 35.5. The minimum Gasteiger partial charge on any atom is -0.355 e. The molecular formula is C22H28ClFN4O3. The monoisotopic (exact) mass is 450 g/mol. The van der Waals surface area contributed by atoms with E-state index in [4.69, 9.17) is 11.6 Å². The Labute approximate surface area is 187 Å². The van der Waals surface area contributed by atoms with Crippen LogP contribution in [0, 0.1) is 0 Å². The Morgan fingerprint density at radius 1 is 1.32 bits per heavy atom. The molecule has 0 spiro atoms. The number of alkyl halides is 1. The highest BCUT2D eigenvalue weighted by Gasteiger charge is 2.30. The largest absolute Gasteiger partial charge is 0.355 e. The van der Waals surface area contributed by atoms with Crippen LogP contribution in [0.2, 0.25) is 5.15 Å². The minimum atomic E-state index is -0.636. The van der Waals surface area contributed by atoms with Crippen molar-refractivity contribution in [1.82, 2.24) is 20.1 Å². The Balaban J connectivity index is 0.000000311. The maximum absolute atomic E-state index is 12.7.